The Hall–Kier alpha value is -1.20. The van der Waals surface area contributed by atoms with Crippen LogP contribution >= 0.6 is 0 Å². The van der Waals surface area contributed by atoms with E-state index in [1.165, 1.54) is 44.3 Å². The number of ether oxygens (including phenoxy) is 1. The van der Waals surface area contributed by atoms with Crippen LogP contribution in [0, 0.1) is 5.92 Å². The SMILES string of the molecule is C=CCOCC1CN(CC2CCCCC2)Cc2nnn(CC)c21. The topological polar surface area (TPSA) is 43.2 Å². The Kier molecular flexibility index (Phi) is 5.84. The molecule has 1 aromatic heterocycles. The van der Waals surface area contributed by atoms with E-state index >= 15 is 0 Å². The molecule has 1 unspecified atom stereocenters. The van der Waals surface area contributed by atoms with Gasteiger partial charge < -0.3 is 4.74 Å². The van der Waals surface area contributed by atoms with Crippen LogP contribution in [-0.2, 0) is 17.8 Å². The van der Waals surface area contributed by atoms with Crippen molar-refractivity contribution in [2.45, 2.75) is 58.0 Å². The number of hydrogen-bond acceptors (Lipinski definition) is 4. The molecule has 0 amide bonds. The van der Waals surface area contributed by atoms with Crippen molar-refractivity contribution < 1.29 is 4.74 Å². The first-order chi connectivity index (χ1) is 11.3. The maximum atomic E-state index is 5.77. The van der Waals surface area contributed by atoms with Crippen LogP contribution in [0.15, 0.2) is 12.7 Å². The van der Waals surface area contributed by atoms with Gasteiger partial charge in [0.05, 0.1) is 18.9 Å². The first-order valence-corrected chi connectivity index (χ1v) is 9.15. The number of aryl methyl sites for hydroxylation is 1. The third-order valence-corrected chi connectivity index (χ3v) is 5.18. The number of hydrogen-bond donors (Lipinski definition) is 0. The molecule has 1 atom stereocenters. The number of aromatic nitrogens is 3. The Morgan fingerprint density at radius 1 is 1.30 bits per heavy atom. The van der Waals surface area contributed by atoms with Crippen molar-refractivity contribution in [1.29, 1.82) is 0 Å². The monoisotopic (exact) mass is 318 g/mol. The second kappa shape index (κ2) is 8.06. The van der Waals surface area contributed by atoms with E-state index in [1.54, 1.807) is 0 Å². The van der Waals surface area contributed by atoms with Crippen LogP contribution in [-0.4, -0.2) is 46.2 Å². The number of rotatable bonds is 7. The van der Waals surface area contributed by atoms with Crippen molar-refractivity contribution >= 4 is 0 Å². The summed E-state index contributed by atoms with van der Waals surface area (Å²) in [6, 6.07) is 0. The van der Waals surface area contributed by atoms with Crippen molar-refractivity contribution in [3.05, 3.63) is 24.0 Å². The summed E-state index contributed by atoms with van der Waals surface area (Å²) >= 11 is 0. The second-order valence-corrected chi connectivity index (χ2v) is 6.96. The molecule has 2 aliphatic rings. The third-order valence-electron chi connectivity index (χ3n) is 5.18. The molecule has 0 radical (unpaired) electrons. The maximum Gasteiger partial charge on any atom is 0.100 e. The van der Waals surface area contributed by atoms with Gasteiger partial charge >= 0.3 is 0 Å². The highest BCUT2D eigenvalue weighted by Crippen LogP contribution is 2.30. The van der Waals surface area contributed by atoms with Crippen LogP contribution < -0.4 is 0 Å². The Morgan fingerprint density at radius 3 is 2.87 bits per heavy atom. The van der Waals surface area contributed by atoms with E-state index in [2.05, 4.69) is 33.4 Å². The van der Waals surface area contributed by atoms with Crippen LogP contribution in [0.4, 0.5) is 0 Å². The molecule has 2 heterocycles. The Balaban J connectivity index is 1.69. The molecule has 5 nitrogen and oxygen atoms in total. The molecule has 0 N–H and O–H groups in total. The third kappa shape index (κ3) is 4.01. The average molecular weight is 318 g/mol. The average Bonchev–Trinajstić information content (AvgIpc) is 2.99. The summed E-state index contributed by atoms with van der Waals surface area (Å²) in [5, 5.41) is 8.79. The fraction of sp³-hybridized carbons (Fsp3) is 0.778. The van der Waals surface area contributed by atoms with Gasteiger partial charge in [0.1, 0.15) is 5.69 Å². The Morgan fingerprint density at radius 2 is 2.13 bits per heavy atom. The van der Waals surface area contributed by atoms with E-state index in [0.29, 0.717) is 12.5 Å². The van der Waals surface area contributed by atoms with Gasteiger partial charge in [-0.05, 0) is 25.7 Å². The summed E-state index contributed by atoms with van der Waals surface area (Å²) in [5.74, 6) is 1.23. The van der Waals surface area contributed by atoms with Gasteiger partial charge in [0, 0.05) is 32.1 Å². The van der Waals surface area contributed by atoms with Gasteiger partial charge in [-0.25, -0.2) is 4.68 Å². The van der Waals surface area contributed by atoms with Gasteiger partial charge in [0.15, 0.2) is 0 Å². The molecule has 23 heavy (non-hydrogen) atoms. The molecule has 128 valence electrons. The predicted octanol–water partition coefficient (Wildman–Crippen LogP) is 2.98. The molecule has 1 saturated carbocycles. The summed E-state index contributed by atoms with van der Waals surface area (Å²) in [4.78, 5) is 2.58. The fourth-order valence-corrected chi connectivity index (χ4v) is 4.12. The van der Waals surface area contributed by atoms with Crippen LogP contribution in [0.2, 0.25) is 0 Å². The largest absolute Gasteiger partial charge is 0.377 e. The fourth-order valence-electron chi connectivity index (χ4n) is 4.12. The van der Waals surface area contributed by atoms with Crippen LogP contribution in [0.5, 0.6) is 0 Å². The van der Waals surface area contributed by atoms with Crippen molar-refractivity contribution in [3.63, 3.8) is 0 Å². The lowest BCUT2D eigenvalue weighted by molar-refractivity contribution is 0.103. The lowest BCUT2D eigenvalue weighted by atomic mass is 9.88. The summed E-state index contributed by atoms with van der Waals surface area (Å²) in [6.07, 6.45) is 8.83. The minimum Gasteiger partial charge on any atom is -0.377 e. The van der Waals surface area contributed by atoms with Crippen molar-refractivity contribution in [2.24, 2.45) is 5.92 Å². The molecule has 3 rings (SSSR count). The molecule has 0 bridgehead atoms. The van der Waals surface area contributed by atoms with Gasteiger partial charge in [0.2, 0.25) is 0 Å². The molecule has 1 aliphatic heterocycles. The highest BCUT2D eigenvalue weighted by Gasteiger charge is 2.31. The van der Waals surface area contributed by atoms with E-state index in [4.69, 9.17) is 4.74 Å². The minimum atomic E-state index is 0.372. The van der Waals surface area contributed by atoms with Crippen LogP contribution in [0.1, 0.15) is 56.3 Å². The summed E-state index contributed by atoms with van der Waals surface area (Å²) in [5.41, 5.74) is 2.44. The summed E-state index contributed by atoms with van der Waals surface area (Å²) in [6.45, 7) is 11.3. The highest BCUT2D eigenvalue weighted by atomic mass is 16.5. The van der Waals surface area contributed by atoms with Crippen molar-refractivity contribution in [1.82, 2.24) is 19.9 Å². The smallest absolute Gasteiger partial charge is 0.100 e. The molecule has 0 aromatic carbocycles. The summed E-state index contributed by atoms with van der Waals surface area (Å²) in [7, 11) is 0. The maximum absolute atomic E-state index is 5.77. The molecule has 1 aliphatic carbocycles. The quantitative estimate of drug-likeness (QED) is 0.572. The second-order valence-electron chi connectivity index (χ2n) is 6.96. The van der Waals surface area contributed by atoms with Gasteiger partial charge in [-0.15, -0.1) is 11.7 Å². The zero-order chi connectivity index (χ0) is 16.1. The Bertz CT molecular complexity index is 507. The molecule has 0 spiro atoms. The lowest BCUT2D eigenvalue weighted by Gasteiger charge is -2.35. The van der Waals surface area contributed by atoms with E-state index < -0.39 is 0 Å². The molecule has 5 heteroatoms. The Labute approximate surface area is 139 Å². The summed E-state index contributed by atoms with van der Waals surface area (Å²) < 4.78 is 7.82. The van der Waals surface area contributed by atoms with Crippen LogP contribution in [0.25, 0.3) is 0 Å². The molecule has 1 fully saturated rings. The number of nitrogens with zero attached hydrogens (tertiary/aromatic N) is 4. The minimum absolute atomic E-state index is 0.372. The zero-order valence-corrected chi connectivity index (χ0v) is 14.4. The van der Waals surface area contributed by atoms with E-state index in [1.807, 2.05) is 6.08 Å². The highest BCUT2D eigenvalue weighted by molar-refractivity contribution is 5.20. The van der Waals surface area contributed by atoms with E-state index in [-0.39, 0.29) is 0 Å². The van der Waals surface area contributed by atoms with Crippen molar-refractivity contribution in [2.75, 3.05) is 26.3 Å². The van der Waals surface area contributed by atoms with Gasteiger partial charge in [-0.2, -0.15) is 0 Å². The van der Waals surface area contributed by atoms with Crippen LogP contribution in [0.3, 0.4) is 0 Å². The predicted molar refractivity (Wildman–Crippen MR) is 91.3 cm³/mol. The van der Waals surface area contributed by atoms with E-state index in [0.717, 1.165) is 37.9 Å². The van der Waals surface area contributed by atoms with Gasteiger partial charge in [-0.3, -0.25) is 4.90 Å². The molecule has 0 saturated heterocycles. The first-order valence-electron chi connectivity index (χ1n) is 9.15. The molecule has 1 aromatic rings. The first kappa shape index (κ1) is 16.7. The molecular formula is C18H30N4O. The number of fused-ring (bicyclic) bond motifs is 1. The van der Waals surface area contributed by atoms with Gasteiger partial charge in [0.25, 0.3) is 0 Å². The molecular weight excluding hydrogens is 288 g/mol. The zero-order valence-electron chi connectivity index (χ0n) is 14.4. The van der Waals surface area contributed by atoms with Crippen molar-refractivity contribution in [3.8, 4) is 0 Å². The van der Waals surface area contributed by atoms with E-state index in [9.17, 15) is 0 Å². The standard InChI is InChI=1S/C18H30N4O/c1-3-10-23-14-16-12-21(11-15-8-6-5-7-9-15)13-17-18(16)22(4-2)20-19-17/h3,15-16H,1,4-14H2,2H3. The normalized spacial score (nSPS) is 22.9. The lowest BCUT2D eigenvalue weighted by Crippen LogP contribution is -2.39. The van der Waals surface area contributed by atoms with Gasteiger partial charge in [-0.1, -0.05) is 30.6 Å².